The lowest BCUT2D eigenvalue weighted by Crippen LogP contribution is -2.17. The number of halogens is 1. The molecule has 0 amide bonds. The van der Waals surface area contributed by atoms with Gasteiger partial charge in [-0.15, -0.1) is 0 Å². The summed E-state index contributed by atoms with van der Waals surface area (Å²) in [5.41, 5.74) is 1.16. The molecule has 0 aromatic heterocycles. The monoisotopic (exact) mass is 315 g/mol. The largest absolute Gasteiger partial charge is 0.478 e. The van der Waals surface area contributed by atoms with Crippen molar-refractivity contribution in [2.24, 2.45) is 0 Å². The molecule has 1 aliphatic rings. The van der Waals surface area contributed by atoms with E-state index in [1.54, 1.807) is 12.1 Å². The van der Waals surface area contributed by atoms with Gasteiger partial charge >= 0.3 is 5.97 Å². The second-order valence-electron chi connectivity index (χ2n) is 4.27. The molecular weight excluding hydrogens is 302 g/mol. The van der Waals surface area contributed by atoms with E-state index in [2.05, 4.69) is 27.5 Å². The second-order valence-corrected chi connectivity index (χ2v) is 6.46. The summed E-state index contributed by atoms with van der Waals surface area (Å²) in [6, 6.07) is 5.18. The zero-order chi connectivity index (χ0) is 12.5. The van der Waals surface area contributed by atoms with Gasteiger partial charge in [0.2, 0.25) is 0 Å². The smallest absolute Gasteiger partial charge is 0.335 e. The van der Waals surface area contributed by atoms with E-state index in [9.17, 15) is 4.79 Å². The minimum absolute atomic E-state index is 0.302. The van der Waals surface area contributed by atoms with Gasteiger partial charge in [0.05, 0.1) is 5.56 Å². The zero-order valence-electron chi connectivity index (χ0n) is 9.50. The fourth-order valence-electron chi connectivity index (χ4n) is 1.67. The molecule has 0 heterocycles. The van der Waals surface area contributed by atoms with Crippen LogP contribution < -0.4 is 5.32 Å². The van der Waals surface area contributed by atoms with Gasteiger partial charge in [-0.05, 0) is 37.3 Å². The lowest BCUT2D eigenvalue weighted by atomic mass is 10.2. The van der Waals surface area contributed by atoms with Crippen LogP contribution >= 0.6 is 27.7 Å². The van der Waals surface area contributed by atoms with Gasteiger partial charge in [-0.1, -0.05) is 15.9 Å². The Hall–Kier alpha value is -0.680. The summed E-state index contributed by atoms with van der Waals surface area (Å²) in [5, 5.41) is 12.3. The summed E-state index contributed by atoms with van der Waals surface area (Å²) in [7, 11) is 0. The minimum atomic E-state index is -0.902. The van der Waals surface area contributed by atoms with E-state index in [0.717, 1.165) is 16.7 Å². The molecule has 1 aromatic rings. The van der Waals surface area contributed by atoms with Crippen molar-refractivity contribution < 1.29 is 9.90 Å². The molecule has 0 atom stereocenters. The molecule has 1 aliphatic carbocycles. The third kappa shape index (κ3) is 3.16. The van der Waals surface area contributed by atoms with Crippen molar-refractivity contribution in [2.75, 3.05) is 18.1 Å². The van der Waals surface area contributed by atoms with Crippen molar-refractivity contribution in [2.45, 2.75) is 17.6 Å². The Balaban J connectivity index is 2.07. The Morgan fingerprint density at radius 2 is 2.24 bits per heavy atom. The lowest BCUT2D eigenvalue weighted by molar-refractivity contribution is 0.0697. The van der Waals surface area contributed by atoms with Gasteiger partial charge in [-0.2, -0.15) is 11.8 Å². The quantitative estimate of drug-likeness (QED) is 0.873. The molecule has 0 aliphatic heterocycles. The van der Waals surface area contributed by atoms with Crippen LogP contribution in [-0.2, 0) is 0 Å². The van der Waals surface area contributed by atoms with Gasteiger partial charge in [0.15, 0.2) is 0 Å². The van der Waals surface area contributed by atoms with Crippen molar-refractivity contribution in [3.63, 3.8) is 0 Å². The van der Waals surface area contributed by atoms with E-state index >= 15 is 0 Å². The molecule has 2 rings (SSSR count). The molecule has 1 saturated carbocycles. The summed E-state index contributed by atoms with van der Waals surface area (Å²) in [6.45, 7) is 0.893. The molecular formula is C12H14BrNO2S. The number of rotatable bonds is 5. The number of thioether (sulfide) groups is 1. The molecule has 17 heavy (non-hydrogen) atoms. The number of carboxylic acid groups (broad SMARTS) is 1. The van der Waals surface area contributed by atoms with Crippen LogP contribution in [-0.4, -0.2) is 28.6 Å². The second kappa shape index (κ2) is 4.90. The first-order chi connectivity index (χ1) is 8.04. The van der Waals surface area contributed by atoms with Crippen molar-refractivity contribution in [1.29, 1.82) is 0 Å². The van der Waals surface area contributed by atoms with E-state index in [1.807, 2.05) is 17.8 Å². The van der Waals surface area contributed by atoms with E-state index in [1.165, 1.54) is 12.8 Å². The van der Waals surface area contributed by atoms with Crippen LogP contribution in [0.3, 0.4) is 0 Å². The van der Waals surface area contributed by atoms with Gasteiger partial charge in [-0.25, -0.2) is 4.79 Å². The fraction of sp³-hybridized carbons (Fsp3) is 0.417. The summed E-state index contributed by atoms with van der Waals surface area (Å²) in [6.07, 6.45) is 4.60. The fourth-order valence-corrected chi connectivity index (χ4v) is 2.89. The number of nitrogens with one attached hydrogen (secondary N) is 1. The number of carboxylic acids is 1. The predicted molar refractivity (Wildman–Crippen MR) is 75.1 cm³/mol. The molecule has 3 nitrogen and oxygen atoms in total. The maximum absolute atomic E-state index is 10.9. The van der Waals surface area contributed by atoms with Gasteiger partial charge in [0.1, 0.15) is 0 Å². The zero-order valence-corrected chi connectivity index (χ0v) is 11.9. The Morgan fingerprint density at radius 3 is 2.76 bits per heavy atom. The average Bonchev–Trinajstić information content (AvgIpc) is 3.06. The van der Waals surface area contributed by atoms with Gasteiger partial charge in [-0.3, -0.25) is 0 Å². The third-order valence-corrected chi connectivity index (χ3v) is 4.88. The molecule has 92 valence electrons. The van der Waals surface area contributed by atoms with Crippen LogP contribution in [0, 0.1) is 0 Å². The number of carbonyl (C=O) groups is 1. The topological polar surface area (TPSA) is 49.3 Å². The first-order valence-corrected chi connectivity index (χ1v) is 7.39. The van der Waals surface area contributed by atoms with E-state index < -0.39 is 5.97 Å². The van der Waals surface area contributed by atoms with Crippen molar-refractivity contribution in [3.05, 3.63) is 28.2 Å². The summed E-state index contributed by atoms with van der Waals surface area (Å²) in [5.74, 6) is -0.902. The van der Waals surface area contributed by atoms with Crippen LogP contribution in [0.15, 0.2) is 22.7 Å². The number of hydrogen-bond donors (Lipinski definition) is 2. The van der Waals surface area contributed by atoms with Gasteiger partial charge in [0.25, 0.3) is 0 Å². The van der Waals surface area contributed by atoms with Crippen LogP contribution in [0.1, 0.15) is 23.2 Å². The Morgan fingerprint density at radius 1 is 1.53 bits per heavy atom. The molecule has 5 heteroatoms. The molecule has 2 N–H and O–H groups in total. The first-order valence-electron chi connectivity index (χ1n) is 5.38. The van der Waals surface area contributed by atoms with Crippen molar-refractivity contribution in [1.82, 2.24) is 0 Å². The Kier molecular flexibility index (Phi) is 3.68. The first kappa shape index (κ1) is 12.8. The van der Waals surface area contributed by atoms with Crippen molar-refractivity contribution >= 4 is 39.3 Å². The van der Waals surface area contributed by atoms with Gasteiger partial charge in [0, 0.05) is 21.5 Å². The lowest BCUT2D eigenvalue weighted by Gasteiger charge is -2.14. The molecule has 0 radical (unpaired) electrons. The maximum Gasteiger partial charge on any atom is 0.335 e. The normalized spacial score (nSPS) is 16.6. The van der Waals surface area contributed by atoms with Crippen LogP contribution in [0.25, 0.3) is 0 Å². The highest BCUT2D eigenvalue weighted by atomic mass is 79.9. The molecule has 0 saturated heterocycles. The van der Waals surface area contributed by atoms with Crippen LogP contribution in [0.4, 0.5) is 5.69 Å². The van der Waals surface area contributed by atoms with Crippen molar-refractivity contribution in [3.8, 4) is 0 Å². The third-order valence-electron chi connectivity index (χ3n) is 3.00. The Labute approximate surface area is 113 Å². The maximum atomic E-state index is 10.9. The highest BCUT2D eigenvalue weighted by molar-refractivity contribution is 9.10. The molecule has 1 aromatic carbocycles. The standard InChI is InChI=1S/C12H14BrNO2S/c1-17-12(2-3-12)7-14-10-5-8(11(15)16)4-9(13)6-10/h4-6,14H,2-3,7H2,1H3,(H,15,16). The highest BCUT2D eigenvalue weighted by Gasteiger charge is 2.41. The van der Waals surface area contributed by atoms with Gasteiger partial charge < -0.3 is 10.4 Å². The number of aromatic carboxylic acids is 1. The minimum Gasteiger partial charge on any atom is -0.478 e. The average molecular weight is 316 g/mol. The predicted octanol–water partition coefficient (Wildman–Crippen LogP) is 3.45. The van der Waals surface area contributed by atoms with Crippen LogP contribution in [0.5, 0.6) is 0 Å². The SMILES string of the molecule is CSC1(CNc2cc(Br)cc(C(=O)O)c2)CC1. The molecule has 0 bridgehead atoms. The molecule has 1 fully saturated rings. The summed E-state index contributed by atoms with van der Waals surface area (Å²) < 4.78 is 1.15. The Bertz CT molecular complexity index is 446. The number of benzene rings is 1. The number of hydrogen-bond acceptors (Lipinski definition) is 3. The molecule has 0 unspecified atom stereocenters. The summed E-state index contributed by atoms with van der Waals surface area (Å²) in [4.78, 5) is 10.9. The van der Waals surface area contributed by atoms with E-state index in [0.29, 0.717) is 10.3 Å². The summed E-state index contributed by atoms with van der Waals surface area (Å²) >= 11 is 5.21. The molecule has 0 spiro atoms. The highest BCUT2D eigenvalue weighted by Crippen LogP contribution is 2.47. The van der Waals surface area contributed by atoms with E-state index in [4.69, 9.17) is 5.11 Å². The van der Waals surface area contributed by atoms with Crippen LogP contribution in [0.2, 0.25) is 0 Å². The number of anilines is 1. The van der Waals surface area contributed by atoms with E-state index in [-0.39, 0.29) is 0 Å².